The third-order valence-electron chi connectivity index (χ3n) is 4.46. The predicted molar refractivity (Wildman–Crippen MR) is 103 cm³/mol. The first-order valence-corrected chi connectivity index (χ1v) is 9.41. The summed E-state index contributed by atoms with van der Waals surface area (Å²) in [4.78, 5) is 38.2. The average Bonchev–Trinajstić information content (AvgIpc) is 2.62. The Morgan fingerprint density at radius 2 is 1.69 bits per heavy atom. The fourth-order valence-corrected chi connectivity index (χ4v) is 3.15. The van der Waals surface area contributed by atoms with Crippen molar-refractivity contribution >= 4 is 29.1 Å². The Morgan fingerprint density at radius 1 is 1.08 bits per heavy atom. The summed E-state index contributed by atoms with van der Waals surface area (Å²) < 4.78 is 0. The van der Waals surface area contributed by atoms with Gasteiger partial charge in [-0.2, -0.15) is 0 Å². The highest BCUT2D eigenvalue weighted by atomic mass is 16.2. The molecule has 1 aliphatic heterocycles. The van der Waals surface area contributed by atoms with E-state index < -0.39 is 6.04 Å². The van der Waals surface area contributed by atoms with E-state index >= 15 is 0 Å². The second kappa shape index (κ2) is 9.36. The molecule has 1 saturated heterocycles. The Morgan fingerprint density at radius 3 is 2.27 bits per heavy atom. The van der Waals surface area contributed by atoms with Crippen molar-refractivity contribution in [3.8, 4) is 0 Å². The molecule has 0 radical (unpaired) electrons. The zero-order chi connectivity index (χ0) is 19.1. The van der Waals surface area contributed by atoms with Crippen LogP contribution in [0.3, 0.4) is 0 Å². The van der Waals surface area contributed by atoms with E-state index in [0.29, 0.717) is 43.1 Å². The molecule has 0 saturated carbocycles. The molecule has 142 valence electrons. The Labute approximate surface area is 155 Å². The van der Waals surface area contributed by atoms with Crippen LogP contribution in [0.15, 0.2) is 24.3 Å². The average molecular weight is 359 g/mol. The van der Waals surface area contributed by atoms with Crippen molar-refractivity contribution < 1.29 is 14.4 Å². The van der Waals surface area contributed by atoms with Crippen LogP contribution in [0.25, 0.3) is 0 Å². The maximum Gasteiger partial charge on any atom is 0.247 e. The van der Waals surface area contributed by atoms with Crippen molar-refractivity contribution in [2.45, 2.75) is 58.9 Å². The summed E-state index contributed by atoms with van der Waals surface area (Å²) in [6.07, 6.45) is 3.48. The minimum atomic E-state index is -0.401. The molecule has 0 spiro atoms. The summed E-state index contributed by atoms with van der Waals surface area (Å²) in [5.41, 5.74) is 1.36. The quantitative estimate of drug-likeness (QED) is 0.817. The number of rotatable bonds is 6. The molecule has 2 rings (SSSR count). The molecule has 1 aromatic carbocycles. The number of carbonyl (C=O) groups is 3. The number of piperidine rings is 1. The van der Waals surface area contributed by atoms with Crippen LogP contribution in [-0.4, -0.2) is 35.2 Å². The van der Waals surface area contributed by atoms with Crippen molar-refractivity contribution in [3.63, 3.8) is 0 Å². The summed E-state index contributed by atoms with van der Waals surface area (Å²) in [6.45, 7) is 6.45. The first-order chi connectivity index (χ1) is 12.4. The number of amides is 3. The van der Waals surface area contributed by atoms with Gasteiger partial charge >= 0.3 is 0 Å². The lowest BCUT2D eigenvalue weighted by Gasteiger charge is -2.34. The molecule has 3 amide bonds. The van der Waals surface area contributed by atoms with Gasteiger partial charge in [0.1, 0.15) is 6.04 Å². The molecule has 0 aliphatic carbocycles. The summed E-state index contributed by atoms with van der Waals surface area (Å²) in [5.74, 6) is 0.154. The van der Waals surface area contributed by atoms with Crippen LogP contribution in [-0.2, 0) is 14.4 Å². The molecule has 6 heteroatoms. The van der Waals surface area contributed by atoms with Crippen LogP contribution in [0.4, 0.5) is 11.4 Å². The van der Waals surface area contributed by atoms with Gasteiger partial charge in [-0.3, -0.25) is 14.4 Å². The molecule has 1 atom stereocenters. The SMILES string of the molecule is CCC(=O)N1CCCCC1C(=O)Nc1ccc(NC(=O)CC(C)C)cc1. The molecule has 2 N–H and O–H groups in total. The molecule has 1 unspecified atom stereocenters. The monoisotopic (exact) mass is 359 g/mol. The van der Waals surface area contributed by atoms with Crippen LogP contribution >= 0.6 is 0 Å². The van der Waals surface area contributed by atoms with Crippen molar-refractivity contribution in [1.29, 1.82) is 0 Å². The molecule has 0 bridgehead atoms. The largest absolute Gasteiger partial charge is 0.331 e. The van der Waals surface area contributed by atoms with Gasteiger partial charge in [-0.15, -0.1) is 0 Å². The van der Waals surface area contributed by atoms with Gasteiger partial charge in [0.2, 0.25) is 17.7 Å². The number of hydrogen-bond donors (Lipinski definition) is 2. The van der Waals surface area contributed by atoms with Crippen LogP contribution in [0.1, 0.15) is 52.9 Å². The van der Waals surface area contributed by atoms with Crippen LogP contribution < -0.4 is 10.6 Å². The first-order valence-electron chi connectivity index (χ1n) is 9.41. The normalized spacial score (nSPS) is 17.1. The lowest BCUT2D eigenvalue weighted by Crippen LogP contribution is -2.49. The van der Waals surface area contributed by atoms with E-state index in [4.69, 9.17) is 0 Å². The van der Waals surface area contributed by atoms with E-state index in [0.717, 1.165) is 12.8 Å². The van der Waals surface area contributed by atoms with E-state index in [1.165, 1.54) is 0 Å². The number of benzene rings is 1. The number of anilines is 2. The van der Waals surface area contributed by atoms with E-state index in [9.17, 15) is 14.4 Å². The molecule has 1 aliphatic rings. The molecule has 6 nitrogen and oxygen atoms in total. The highest BCUT2D eigenvalue weighted by Crippen LogP contribution is 2.21. The predicted octanol–water partition coefficient (Wildman–Crippen LogP) is 3.40. The third kappa shape index (κ3) is 5.58. The topological polar surface area (TPSA) is 78.5 Å². The van der Waals surface area contributed by atoms with Crippen LogP contribution in [0, 0.1) is 5.92 Å². The van der Waals surface area contributed by atoms with Gasteiger partial charge in [-0.1, -0.05) is 20.8 Å². The van der Waals surface area contributed by atoms with Gasteiger partial charge in [-0.05, 0) is 49.4 Å². The minimum absolute atomic E-state index is 0.0206. The van der Waals surface area contributed by atoms with Gasteiger partial charge in [0.25, 0.3) is 0 Å². The lowest BCUT2D eigenvalue weighted by molar-refractivity contribution is -0.140. The highest BCUT2D eigenvalue weighted by Gasteiger charge is 2.31. The van der Waals surface area contributed by atoms with Crippen LogP contribution in [0.5, 0.6) is 0 Å². The minimum Gasteiger partial charge on any atom is -0.331 e. The van der Waals surface area contributed by atoms with E-state index in [-0.39, 0.29) is 17.7 Å². The number of likely N-dealkylation sites (tertiary alicyclic amines) is 1. The van der Waals surface area contributed by atoms with Gasteiger partial charge in [0.05, 0.1) is 0 Å². The van der Waals surface area contributed by atoms with Gasteiger partial charge in [0, 0.05) is 30.8 Å². The summed E-state index contributed by atoms with van der Waals surface area (Å²) in [5, 5.41) is 5.73. The number of carbonyl (C=O) groups excluding carboxylic acids is 3. The number of nitrogens with zero attached hydrogens (tertiary/aromatic N) is 1. The number of nitrogens with one attached hydrogen (secondary N) is 2. The van der Waals surface area contributed by atoms with Crippen molar-refractivity contribution in [1.82, 2.24) is 4.90 Å². The maximum atomic E-state index is 12.6. The molecule has 1 fully saturated rings. The van der Waals surface area contributed by atoms with Crippen molar-refractivity contribution in [2.75, 3.05) is 17.2 Å². The smallest absolute Gasteiger partial charge is 0.247 e. The maximum absolute atomic E-state index is 12.6. The molecule has 26 heavy (non-hydrogen) atoms. The molecule has 0 aromatic heterocycles. The highest BCUT2D eigenvalue weighted by molar-refractivity contribution is 5.97. The second-order valence-corrected chi connectivity index (χ2v) is 7.17. The summed E-state index contributed by atoms with van der Waals surface area (Å²) >= 11 is 0. The Bertz CT molecular complexity index is 640. The number of hydrogen-bond acceptors (Lipinski definition) is 3. The van der Waals surface area contributed by atoms with Gasteiger partial charge < -0.3 is 15.5 Å². The molecular weight excluding hydrogens is 330 g/mol. The van der Waals surface area contributed by atoms with E-state index in [2.05, 4.69) is 10.6 Å². The van der Waals surface area contributed by atoms with E-state index in [1.807, 2.05) is 20.8 Å². The second-order valence-electron chi connectivity index (χ2n) is 7.17. The first kappa shape index (κ1) is 19.9. The Balaban J connectivity index is 1.96. The van der Waals surface area contributed by atoms with Crippen LogP contribution in [0.2, 0.25) is 0 Å². The molecule has 1 aromatic rings. The summed E-state index contributed by atoms with van der Waals surface area (Å²) in [6, 6.07) is 6.66. The van der Waals surface area contributed by atoms with E-state index in [1.54, 1.807) is 29.2 Å². The van der Waals surface area contributed by atoms with Gasteiger partial charge in [-0.25, -0.2) is 0 Å². The standard InChI is InChI=1S/C20H29N3O3/c1-4-19(25)23-12-6-5-7-17(23)20(26)22-16-10-8-15(9-11-16)21-18(24)13-14(2)3/h8-11,14,17H,4-7,12-13H2,1-3H3,(H,21,24)(H,22,26). The fourth-order valence-electron chi connectivity index (χ4n) is 3.15. The van der Waals surface area contributed by atoms with Gasteiger partial charge in [0.15, 0.2) is 0 Å². The Hall–Kier alpha value is -2.37. The Kier molecular flexibility index (Phi) is 7.18. The lowest BCUT2D eigenvalue weighted by atomic mass is 10.0. The zero-order valence-corrected chi connectivity index (χ0v) is 15.9. The third-order valence-corrected chi connectivity index (χ3v) is 4.46. The summed E-state index contributed by atoms with van der Waals surface area (Å²) in [7, 11) is 0. The van der Waals surface area contributed by atoms with Crippen molar-refractivity contribution in [2.24, 2.45) is 5.92 Å². The van der Waals surface area contributed by atoms with Crippen molar-refractivity contribution in [3.05, 3.63) is 24.3 Å². The fraction of sp³-hybridized carbons (Fsp3) is 0.550. The zero-order valence-electron chi connectivity index (χ0n) is 15.9. The molecular formula is C20H29N3O3. The molecule has 1 heterocycles.